The monoisotopic (exact) mass is 409 g/mol. The third-order valence-electron chi connectivity index (χ3n) is 5.48. The lowest BCUT2D eigenvalue weighted by Gasteiger charge is -2.32. The standard InChI is InChI=1S/C24H28FN3O2/c1-27-21(12-15-29-22-9-7-20(25)8-10-22)17-23(26-27)24-18-28(14-16-30-24)13-11-19-5-3-2-4-6-19/h2-10,17,24H,11-16,18H2,1H3/t24-/m1/s1. The van der Waals surface area contributed by atoms with E-state index in [1.54, 1.807) is 12.1 Å². The van der Waals surface area contributed by atoms with Crippen molar-refractivity contribution in [2.24, 2.45) is 7.05 Å². The highest BCUT2D eigenvalue weighted by Gasteiger charge is 2.24. The van der Waals surface area contributed by atoms with Crippen molar-refractivity contribution in [1.82, 2.24) is 14.7 Å². The minimum atomic E-state index is -0.260. The number of nitrogens with zero attached hydrogens (tertiary/aromatic N) is 3. The minimum absolute atomic E-state index is 0.00695. The first-order chi connectivity index (χ1) is 14.7. The summed E-state index contributed by atoms with van der Waals surface area (Å²) in [7, 11) is 1.95. The van der Waals surface area contributed by atoms with Crippen LogP contribution in [0.3, 0.4) is 0 Å². The van der Waals surface area contributed by atoms with Gasteiger partial charge in [0.25, 0.3) is 0 Å². The summed E-state index contributed by atoms with van der Waals surface area (Å²) in [6, 6.07) is 18.8. The Morgan fingerprint density at radius 3 is 2.70 bits per heavy atom. The summed E-state index contributed by atoms with van der Waals surface area (Å²) in [6.07, 6.45) is 1.76. The molecule has 1 aliphatic heterocycles. The van der Waals surface area contributed by atoms with Gasteiger partial charge in [0.05, 0.1) is 18.9 Å². The largest absolute Gasteiger partial charge is 0.493 e. The zero-order valence-electron chi connectivity index (χ0n) is 17.3. The molecular weight excluding hydrogens is 381 g/mol. The summed E-state index contributed by atoms with van der Waals surface area (Å²) in [5.41, 5.74) is 3.43. The number of aryl methyl sites for hydroxylation is 1. The van der Waals surface area contributed by atoms with Crippen LogP contribution in [0.4, 0.5) is 4.39 Å². The molecule has 0 aliphatic carbocycles. The third-order valence-corrected chi connectivity index (χ3v) is 5.48. The fraction of sp³-hybridized carbons (Fsp3) is 0.375. The first-order valence-electron chi connectivity index (χ1n) is 10.5. The molecule has 0 saturated carbocycles. The first-order valence-corrected chi connectivity index (χ1v) is 10.5. The summed E-state index contributed by atoms with van der Waals surface area (Å²) < 4.78 is 26.6. The smallest absolute Gasteiger partial charge is 0.123 e. The fourth-order valence-corrected chi connectivity index (χ4v) is 3.74. The van der Waals surface area contributed by atoms with Crippen LogP contribution in [0.2, 0.25) is 0 Å². The van der Waals surface area contributed by atoms with Crippen LogP contribution in [0.1, 0.15) is 23.1 Å². The van der Waals surface area contributed by atoms with Gasteiger partial charge in [0.2, 0.25) is 0 Å². The van der Waals surface area contributed by atoms with Gasteiger partial charge >= 0.3 is 0 Å². The SMILES string of the molecule is Cn1nc([C@H]2CN(CCc3ccccc3)CCO2)cc1CCOc1ccc(F)cc1. The lowest BCUT2D eigenvalue weighted by atomic mass is 10.1. The van der Waals surface area contributed by atoms with Gasteiger partial charge in [-0.05, 0) is 42.3 Å². The van der Waals surface area contributed by atoms with E-state index in [1.165, 1.54) is 17.7 Å². The minimum Gasteiger partial charge on any atom is -0.493 e. The summed E-state index contributed by atoms with van der Waals surface area (Å²) in [6.45, 7) is 4.07. The normalized spacial score (nSPS) is 17.2. The molecular formula is C24H28FN3O2. The van der Waals surface area contributed by atoms with E-state index in [-0.39, 0.29) is 11.9 Å². The van der Waals surface area contributed by atoms with Gasteiger partial charge in [-0.3, -0.25) is 9.58 Å². The second-order valence-corrected chi connectivity index (χ2v) is 7.63. The Hall–Kier alpha value is -2.70. The van der Waals surface area contributed by atoms with Crippen LogP contribution in [0.5, 0.6) is 5.75 Å². The molecule has 2 aromatic carbocycles. The number of hydrogen-bond acceptors (Lipinski definition) is 4. The zero-order chi connectivity index (χ0) is 20.8. The van der Waals surface area contributed by atoms with Crippen molar-refractivity contribution in [2.45, 2.75) is 18.9 Å². The average Bonchev–Trinajstić information content (AvgIpc) is 3.15. The molecule has 30 heavy (non-hydrogen) atoms. The first kappa shape index (κ1) is 20.6. The quantitative estimate of drug-likeness (QED) is 0.567. The van der Waals surface area contributed by atoms with E-state index < -0.39 is 0 Å². The number of benzene rings is 2. The van der Waals surface area contributed by atoms with E-state index >= 15 is 0 Å². The van der Waals surface area contributed by atoms with Crippen LogP contribution in [0, 0.1) is 5.82 Å². The third kappa shape index (κ3) is 5.46. The maximum atomic E-state index is 13.0. The molecule has 3 aromatic rings. The van der Waals surface area contributed by atoms with Crippen molar-refractivity contribution in [3.05, 3.63) is 83.4 Å². The zero-order valence-corrected chi connectivity index (χ0v) is 17.3. The van der Waals surface area contributed by atoms with E-state index in [2.05, 4.69) is 46.4 Å². The molecule has 2 heterocycles. The molecule has 0 bridgehead atoms. The number of rotatable bonds is 8. The number of aromatic nitrogens is 2. The van der Waals surface area contributed by atoms with Crippen molar-refractivity contribution in [3.63, 3.8) is 0 Å². The van der Waals surface area contributed by atoms with E-state index in [0.717, 1.165) is 50.5 Å². The topological polar surface area (TPSA) is 39.5 Å². The summed E-state index contributed by atoms with van der Waals surface area (Å²) >= 11 is 0. The highest BCUT2D eigenvalue weighted by molar-refractivity contribution is 5.22. The molecule has 4 rings (SSSR count). The molecule has 1 aromatic heterocycles. The fourth-order valence-electron chi connectivity index (χ4n) is 3.74. The Balaban J connectivity index is 1.29. The molecule has 0 radical (unpaired) electrons. The Bertz CT molecular complexity index is 927. The van der Waals surface area contributed by atoms with Gasteiger partial charge < -0.3 is 9.47 Å². The van der Waals surface area contributed by atoms with Crippen molar-refractivity contribution >= 4 is 0 Å². The Morgan fingerprint density at radius 1 is 1.10 bits per heavy atom. The molecule has 1 aliphatic rings. The molecule has 0 N–H and O–H groups in total. The lowest BCUT2D eigenvalue weighted by Crippen LogP contribution is -2.39. The van der Waals surface area contributed by atoms with Gasteiger partial charge in [-0.1, -0.05) is 30.3 Å². The van der Waals surface area contributed by atoms with Gasteiger partial charge in [0.15, 0.2) is 0 Å². The lowest BCUT2D eigenvalue weighted by molar-refractivity contribution is -0.0318. The molecule has 1 atom stereocenters. The highest BCUT2D eigenvalue weighted by atomic mass is 19.1. The molecule has 1 saturated heterocycles. The Labute approximate surface area is 177 Å². The van der Waals surface area contributed by atoms with Gasteiger partial charge in [-0.25, -0.2) is 4.39 Å². The van der Waals surface area contributed by atoms with Crippen LogP contribution >= 0.6 is 0 Å². The predicted molar refractivity (Wildman–Crippen MR) is 114 cm³/mol. The predicted octanol–water partition coefficient (Wildman–Crippen LogP) is 3.80. The van der Waals surface area contributed by atoms with E-state index in [0.29, 0.717) is 12.4 Å². The number of hydrogen-bond donors (Lipinski definition) is 0. The number of morpholine rings is 1. The van der Waals surface area contributed by atoms with Gasteiger partial charge in [0.1, 0.15) is 17.7 Å². The Kier molecular flexibility index (Phi) is 6.77. The molecule has 6 heteroatoms. The molecule has 158 valence electrons. The second kappa shape index (κ2) is 9.87. The van der Waals surface area contributed by atoms with Crippen LogP contribution in [-0.2, 0) is 24.6 Å². The van der Waals surface area contributed by atoms with Crippen molar-refractivity contribution in [1.29, 1.82) is 0 Å². The maximum absolute atomic E-state index is 13.0. The van der Waals surface area contributed by atoms with Crippen molar-refractivity contribution in [2.75, 3.05) is 32.8 Å². The maximum Gasteiger partial charge on any atom is 0.123 e. The van der Waals surface area contributed by atoms with Gasteiger partial charge in [0, 0.05) is 38.8 Å². The highest BCUT2D eigenvalue weighted by Crippen LogP contribution is 2.22. The van der Waals surface area contributed by atoms with Gasteiger partial charge in [-0.15, -0.1) is 0 Å². The summed E-state index contributed by atoms with van der Waals surface area (Å²) in [5, 5.41) is 4.68. The molecule has 0 unspecified atom stereocenters. The van der Waals surface area contributed by atoms with E-state index in [9.17, 15) is 4.39 Å². The Morgan fingerprint density at radius 2 is 1.90 bits per heavy atom. The number of halogens is 1. The molecule has 0 spiro atoms. The van der Waals surface area contributed by atoms with Gasteiger partial charge in [-0.2, -0.15) is 5.10 Å². The summed E-state index contributed by atoms with van der Waals surface area (Å²) in [4.78, 5) is 2.45. The van der Waals surface area contributed by atoms with Crippen LogP contribution < -0.4 is 4.74 Å². The van der Waals surface area contributed by atoms with Crippen LogP contribution in [-0.4, -0.2) is 47.5 Å². The van der Waals surface area contributed by atoms with E-state index in [4.69, 9.17) is 9.47 Å². The van der Waals surface area contributed by atoms with Crippen LogP contribution in [0.25, 0.3) is 0 Å². The number of ether oxygens (including phenoxy) is 2. The molecule has 0 amide bonds. The second-order valence-electron chi connectivity index (χ2n) is 7.63. The summed E-state index contributed by atoms with van der Waals surface area (Å²) in [5.74, 6) is 0.410. The van der Waals surface area contributed by atoms with Crippen molar-refractivity contribution in [3.8, 4) is 5.75 Å². The molecule has 5 nitrogen and oxygen atoms in total. The average molecular weight is 410 g/mol. The van der Waals surface area contributed by atoms with Crippen LogP contribution in [0.15, 0.2) is 60.7 Å². The molecule has 1 fully saturated rings. The van der Waals surface area contributed by atoms with Crippen molar-refractivity contribution < 1.29 is 13.9 Å². The van der Waals surface area contributed by atoms with E-state index in [1.807, 2.05) is 11.7 Å².